The van der Waals surface area contributed by atoms with Crippen LogP contribution in [0.2, 0.25) is 0 Å². The summed E-state index contributed by atoms with van der Waals surface area (Å²) in [5.74, 6) is 0.763. The lowest BCUT2D eigenvalue weighted by Gasteiger charge is -2.26. The number of rotatable bonds is 5. The quantitative estimate of drug-likeness (QED) is 0.787. The second-order valence-electron chi connectivity index (χ2n) is 5.60. The maximum absolute atomic E-state index is 11.2. The Hall–Kier alpha value is -0.960. The molecule has 1 aromatic carbocycles. The first-order chi connectivity index (χ1) is 8.36. The normalized spacial score (nSPS) is 11.7. The van der Waals surface area contributed by atoms with Crippen molar-refractivity contribution >= 4 is 18.5 Å². The highest BCUT2D eigenvalue weighted by Gasteiger charge is 2.21. The van der Waals surface area contributed by atoms with Gasteiger partial charge in [-0.15, -0.1) is 0 Å². The van der Waals surface area contributed by atoms with Crippen LogP contribution >= 0.6 is 12.6 Å². The first kappa shape index (κ1) is 15.1. The summed E-state index contributed by atoms with van der Waals surface area (Å²) < 4.78 is 0. The summed E-state index contributed by atoms with van der Waals surface area (Å²) in [4.78, 5) is 11.2. The van der Waals surface area contributed by atoms with Crippen LogP contribution in [0.3, 0.4) is 0 Å². The second kappa shape index (κ2) is 6.28. The molecule has 3 heteroatoms. The number of amides is 1. The van der Waals surface area contributed by atoms with Gasteiger partial charge in [0.25, 0.3) is 0 Å². The molecular formula is C15H23NOS. The Bertz CT molecular complexity index is 395. The minimum Gasteiger partial charge on any atom is -0.355 e. The van der Waals surface area contributed by atoms with E-state index < -0.39 is 0 Å². The van der Waals surface area contributed by atoms with Crippen LogP contribution < -0.4 is 5.32 Å². The van der Waals surface area contributed by atoms with Crippen LogP contribution in [0.1, 0.15) is 44.7 Å². The molecular weight excluding hydrogens is 242 g/mol. The Morgan fingerprint density at radius 2 is 1.83 bits per heavy atom. The molecule has 0 aromatic heterocycles. The summed E-state index contributed by atoms with van der Waals surface area (Å²) in [5.41, 5.74) is 2.52. The van der Waals surface area contributed by atoms with Crippen LogP contribution in [0.4, 0.5) is 0 Å². The second-order valence-corrected chi connectivity index (χ2v) is 5.91. The summed E-state index contributed by atoms with van der Waals surface area (Å²) in [7, 11) is 0. The third-order valence-electron chi connectivity index (χ3n) is 3.23. The number of benzene rings is 1. The summed E-state index contributed by atoms with van der Waals surface area (Å²) in [6, 6.07) is 8.65. The molecule has 0 aliphatic rings. The highest BCUT2D eigenvalue weighted by atomic mass is 32.1. The minimum absolute atomic E-state index is 0.0230. The zero-order valence-electron chi connectivity index (χ0n) is 11.7. The monoisotopic (exact) mass is 265 g/mol. The van der Waals surface area contributed by atoms with Gasteiger partial charge >= 0.3 is 0 Å². The maximum Gasteiger partial charge on any atom is 0.229 e. The molecule has 1 N–H and O–H groups in total. The topological polar surface area (TPSA) is 29.1 Å². The van der Waals surface area contributed by atoms with E-state index in [4.69, 9.17) is 0 Å². The Morgan fingerprint density at radius 3 is 2.28 bits per heavy atom. The Morgan fingerprint density at radius 1 is 1.28 bits per heavy atom. The van der Waals surface area contributed by atoms with E-state index in [2.05, 4.69) is 69.9 Å². The molecule has 2 nitrogen and oxygen atoms in total. The molecule has 0 aliphatic heterocycles. The van der Waals surface area contributed by atoms with Crippen molar-refractivity contribution in [3.63, 3.8) is 0 Å². The highest BCUT2D eigenvalue weighted by molar-refractivity contribution is 7.81. The highest BCUT2D eigenvalue weighted by Crippen LogP contribution is 2.24. The van der Waals surface area contributed by atoms with E-state index in [1.54, 1.807) is 0 Å². The summed E-state index contributed by atoms with van der Waals surface area (Å²) >= 11 is 3.96. The van der Waals surface area contributed by atoms with Gasteiger partial charge in [-0.25, -0.2) is 0 Å². The molecule has 0 atom stereocenters. The van der Waals surface area contributed by atoms with Gasteiger partial charge in [0, 0.05) is 12.0 Å². The van der Waals surface area contributed by atoms with E-state index in [-0.39, 0.29) is 17.1 Å². The van der Waals surface area contributed by atoms with Gasteiger partial charge in [-0.2, -0.15) is 12.6 Å². The van der Waals surface area contributed by atoms with Gasteiger partial charge < -0.3 is 5.32 Å². The van der Waals surface area contributed by atoms with Gasteiger partial charge in [0.15, 0.2) is 0 Å². The largest absolute Gasteiger partial charge is 0.355 e. The third-order valence-corrected chi connectivity index (χ3v) is 3.52. The van der Waals surface area contributed by atoms with E-state index in [0.29, 0.717) is 12.5 Å². The number of carbonyl (C=O) groups excluding carboxylic acids is 1. The molecule has 0 aliphatic carbocycles. The predicted octanol–water partition coefficient (Wildman–Crippen LogP) is 3.13. The molecule has 0 unspecified atom stereocenters. The Kier molecular flexibility index (Phi) is 5.27. The van der Waals surface area contributed by atoms with Crippen LogP contribution in [0.5, 0.6) is 0 Å². The van der Waals surface area contributed by atoms with Gasteiger partial charge in [0.1, 0.15) is 0 Å². The molecule has 0 heterocycles. The zero-order valence-corrected chi connectivity index (χ0v) is 12.6. The molecule has 0 fully saturated rings. The molecule has 0 saturated carbocycles. The Balaban J connectivity index is 2.75. The van der Waals surface area contributed by atoms with Crippen molar-refractivity contribution in [2.75, 3.05) is 12.3 Å². The van der Waals surface area contributed by atoms with Gasteiger partial charge in [-0.3, -0.25) is 4.79 Å². The van der Waals surface area contributed by atoms with Gasteiger partial charge in [0.2, 0.25) is 5.91 Å². The predicted molar refractivity (Wildman–Crippen MR) is 80.4 cm³/mol. The fourth-order valence-corrected chi connectivity index (χ4v) is 1.91. The SMILES string of the molecule is CC(C)c1ccc(C(C)(C)CNC(=O)CS)cc1. The number of nitrogens with one attached hydrogen (secondary N) is 1. The van der Waals surface area contributed by atoms with E-state index in [1.165, 1.54) is 11.1 Å². The standard InChI is InChI=1S/C15H23NOS/c1-11(2)12-5-7-13(8-6-12)15(3,4)10-16-14(17)9-18/h5-8,11,18H,9-10H2,1-4H3,(H,16,17). The number of carbonyl (C=O) groups is 1. The van der Waals surface area contributed by atoms with Crippen molar-refractivity contribution in [3.8, 4) is 0 Å². The molecule has 0 radical (unpaired) electrons. The first-order valence-corrected chi connectivity index (χ1v) is 6.98. The third kappa shape index (κ3) is 4.05. The van der Waals surface area contributed by atoms with Gasteiger partial charge in [-0.1, -0.05) is 52.0 Å². The summed E-state index contributed by atoms with van der Waals surface area (Å²) in [6.07, 6.45) is 0. The van der Waals surface area contributed by atoms with Crippen LogP contribution in [-0.4, -0.2) is 18.2 Å². The van der Waals surface area contributed by atoms with Gasteiger partial charge in [-0.05, 0) is 17.0 Å². The van der Waals surface area contributed by atoms with Crippen LogP contribution in [0, 0.1) is 0 Å². The number of thiol groups is 1. The smallest absolute Gasteiger partial charge is 0.229 e. The van der Waals surface area contributed by atoms with Crippen molar-refractivity contribution in [2.45, 2.75) is 39.0 Å². The molecule has 1 rings (SSSR count). The molecule has 0 saturated heterocycles. The lowest BCUT2D eigenvalue weighted by molar-refractivity contribution is -0.118. The van der Waals surface area contributed by atoms with Crippen molar-refractivity contribution in [1.82, 2.24) is 5.32 Å². The fourth-order valence-electron chi connectivity index (χ4n) is 1.80. The average Bonchev–Trinajstić information content (AvgIpc) is 2.36. The van der Waals surface area contributed by atoms with Crippen molar-refractivity contribution in [1.29, 1.82) is 0 Å². The van der Waals surface area contributed by atoms with E-state index in [0.717, 1.165) is 0 Å². The lowest BCUT2D eigenvalue weighted by atomic mass is 9.83. The molecule has 1 aromatic rings. The van der Waals surface area contributed by atoms with Gasteiger partial charge in [0.05, 0.1) is 5.75 Å². The minimum atomic E-state index is -0.0614. The zero-order chi connectivity index (χ0) is 13.8. The molecule has 1 amide bonds. The van der Waals surface area contributed by atoms with Crippen molar-refractivity contribution < 1.29 is 4.79 Å². The van der Waals surface area contributed by atoms with Crippen LogP contribution in [0.25, 0.3) is 0 Å². The van der Waals surface area contributed by atoms with E-state index in [9.17, 15) is 4.79 Å². The average molecular weight is 265 g/mol. The van der Waals surface area contributed by atoms with Crippen molar-refractivity contribution in [3.05, 3.63) is 35.4 Å². The van der Waals surface area contributed by atoms with E-state index >= 15 is 0 Å². The lowest BCUT2D eigenvalue weighted by Crippen LogP contribution is -2.37. The number of hydrogen-bond acceptors (Lipinski definition) is 2. The maximum atomic E-state index is 11.2. The molecule has 0 spiro atoms. The number of hydrogen-bond donors (Lipinski definition) is 2. The van der Waals surface area contributed by atoms with Crippen molar-refractivity contribution in [2.24, 2.45) is 0 Å². The Labute approximate surface area is 116 Å². The summed E-state index contributed by atoms with van der Waals surface area (Å²) in [6.45, 7) is 9.28. The van der Waals surface area contributed by atoms with E-state index in [1.807, 2.05) is 0 Å². The summed E-state index contributed by atoms with van der Waals surface area (Å²) in [5, 5.41) is 2.89. The van der Waals surface area contributed by atoms with Crippen LogP contribution in [0.15, 0.2) is 24.3 Å². The van der Waals surface area contributed by atoms with Crippen LogP contribution in [-0.2, 0) is 10.2 Å². The molecule has 18 heavy (non-hydrogen) atoms. The fraction of sp³-hybridized carbons (Fsp3) is 0.533. The first-order valence-electron chi connectivity index (χ1n) is 6.35. The molecule has 0 bridgehead atoms. The molecule has 100 valence electrons.